The zero-order valence-electron chi connectivity index (χ0n) is 8.06. The molecule has 0 radical (unpaired) electrons. The van der Waals surface area contributed by atoms with Crippen LogP contribution < -0.4 is 0 Å². The number of amides is 2. The average Bonchev–Trinajstić information content (AvgIpc) is 2.55. The normalized spacial score (nSPS) is 14.2. The lowest BCUT2D eigenvalue weighted by Crippen LogP contribution is -2.23. The summed E-state index contributed by atoms with van der Waals surface area (Å²) in [6.45, 7) is 3.08. The van der Waals surface area contributed by atoms with Gasteiger partial charge in [0.2, 0.25) is 0 Å². The van der Waals surface area contributed by atoms with Gasteiger partial charge in [0.05, 0.1) is 11.1 Å². The molecule has 1 aliphatic heterocycles. The first-order valence-corrected chi connectivity index (χ1v) is 4.28. The van der Waals surface area contributed by atoms with Gasteiger partial charge in [0.25, 0.3) is 11.8 Å². The van der Waals surface area contributed by atoms with Crippen LogP contribution >= 0.6 is 0 Å². The molecule has 2 amide bonds. The summed E-state index contributed by atoms with van der Waals surface area (Å²) in [4.78, 5) is 23.1. The SMILES string of the molecule is C=CN1C(=O)c2c(F)c(F)c(F)c(F)c2C1=O. The maximum Gasteiger partial charge on any atom is 0.268 e. The van der Waals surface area contributed by atoms with Crippen molar-refractivity contribution in [2.75, 3.05) is 0 Å². The second-order valence-corrected chi connectivity index (χ2v) is 3.17. The molecule has 0 aromatic heterocycles. The van der Waals surface area contributed by atoms with Crippen LogP contribution in [0.15, 0.2) is 12.8 Å². The molecule has 0 N–H and O–H groups in total. The molecular weight excluding hydrogens is 242 g/mol. The lowest BCUT2D eigenvalue weighted by Gasteiger charge is -2.04. The Bertz CT molecular complexity index is 535. The van der Waals surface area contributed by atoms with E-state index in [4.69, 9.17) is 0 Å². The zero-order valence-corrected chi connectivity index (χ0v) is 8.06. The molecular formula is C10H3F4NO2. The van der Waals surface area contributed by atoms with Gasteiger partial charge in [-0.1, -0.05) is 6.58 Å². The van der Waals surface area contributed by atoms with Crippen LogP contribution in [0.25, 0.3) is 0 Å². The van der Waals surface area contributed by atoms with Crippen molar-refractivity contribution >= 4 is 11.8 Å². The number of nitrogens with zero attached hydrogens (tertiary/aromatic N) is 1. The highest BCUT2D eigenvalue weighted by molar-refractivity contribution is 6.22. The van der Waals surface area contributed by atoms with Crippen LogP contribution in [-0.2, 0) is 0 Å². The third kappa shape index (κ3) is 1.22. The molecule has 0 aliphatic carbocycles. The van der Waals surface area contributed by atoms with Gasteiger partial charge in [-0.2, -0.15) is 0 Å². The summed E-state index contributed by atoms with van der Waals surface area (Å²) in [6.07, 6.45) is 0.708. The molecule has 3 nitrogen and oxygen atoms in total. The number of carbonyl (C=O) groups excluding carboxylic acids is 2. The number of rotatable bonds is 1. The Kier molecular flexibility index (Phi) is 2.27. The molecule has 88 valence electrons. The van der Waals surface area contributed by atoms with E-state index in [-0.39, 0.29) is 4.90 Å². The molecule has 0 unspecified atom stereocenters. The number of fused-ring (bicyclic) bond motifs is 1. The molecule has 0 bridgehead atoms. The standard InChI is InChI=1S/C10H3F4NO2/c1-2-15-9(16)3-4(10(15)17)6(12)8(14)7(13)5(3)11/h2H,1H2. The second-order valence-electron chi connectivity index (χ2n) is 3.17. The minimum atomic E-state index is -2.13. The fourth-order valence-electron chi connectivity index (χ4n) is 1.53. The van der Waals surface area contributed by atoms with Crippen LogP contribution in [-0.4, -0.2) is 16.7 Å². The van der Waals surface area contributed by atoms with Crippen LogP contribution in [0.1, 0.15) is 20.7 Å². The maximum absolute atomic E-state index is 13.3. The van der Waals surface area contributed by atoms with E-state index in [0.717, 1.165) is 0 Å². The molecule has 0 spiro atoms. The largest absolute Gasteiger partial charge is 0.268 e. The predicted octanol–water partition coefficient (Wildman–Crippen LogP) is 1.98. The maximum atomic E-state index is 13.3. The Morgan fingerprint density at radius 2 is 1.18 bits per heavy atom. The van der Waals surface area contributed by atoms with Crippen LogP contribution in [0.4, 0.5) is 17.6 Å². The van der Waals surface area contributed by atoms with E-state index in [1.54, 1.807) is 0 Å². The summed E-state index contributed by atoms with van der Waals surface area (Å²) >= 11 is 0. The third-order valence-electron chi connectivity index (χ3n) is 2.32. The number of benzene rings is 1. The van der Waals surface area contributed by atoms with Crippen LogP contribution in [0.3, 0.4) is 0 Å². The Morgan fingerprint density at radius 3 is 1.47 bits per heavy atom. The number of imide groups is 1. The Labute approximate surface area is 91.9 Å². The molecule has 0 atom stereocenters. The Hall–Kier alpha value is -2.18. The first kappa shape index (κ1) is 11.3. The van der Waals surface area contributed by atoms with Gasteiger partial charge in [0, 0.05) is 6.20 Å². The van der Waals surface area contributed by atoms with E-state index in [1.807, 2.05) is 0 Å². The lowest BCUT2D eigenvalue weighted by atomic mass is 10.1. The molecule has 0 saturated heterocycles. The van der Waals surface area contributed by atoms with Crippen LogP contribution in [0.5, 0.6) is 0 Å². The molecule has 1 aromatic rings. The number of hydrogen-bond donors (Lipinski definition) is 0. The van der Waals surface area contributed by atoms with Gasteiger partial charge in [-0.3, -0.25) is 9.59 Å². The fraction of sp³-hybridized carbons (Fsp3) is 0. The second kappa shape index (κ2) is 3.41. The molecule has 0 saturated carbocycles. The summed E-state index contributed by atoms with van der Waals surface area (Å²) in [7, 11) is 0. The van der Waals surface area contributed by atoms with Gasteiger partial charge in [-0.15, -0.1) is 0 Å². The lowest BCUT2D eigenvalue weighted by molar-refractivity contribution is 0.0719. The molecule has 1 aliphatic rings. The molecule has 2 rings (SSSR count). The highest BCUT2D eigenvalue weighted by Gasteiger charge is 2.42. The van der Waals surface area contributed by atoms with Gasteiger partial charge < -0.3 is 0 Å². The Morgan fingerprint density at radius 1 is 0.824 bits per heavy atom. The van der Waals surface area contributed by atoms with Crippen molar-refractivity contribution in [3.05, 3.63) is 47.2 Å². The van der Waals surface area contributed by atoms with E-state index in [0.29, 0.717) is 6.20 Å². The first-order chi connectivity index (χ1) is 7.91. The predicted molar refractivity (Wildman–Crippen MR) is 47.0 cm³/mol. The molecule has 0 fully saturated rings. The van der Waals surface area contributed by atoms with Crippen molar-refractivity contribution in [3.63, 3.8) is 0 Å². The fourth-order valence-corrected chi connectivity index (χ4v) is 1.53. The van der Waals surface area contributed by atoms with Gasteiger partial charge in [-0.25, -0.2) is 22.5 Å². The van der Waals surface area contributed by atoms with Crippen molar-refractivity contribution in [2.24, 2.45) is 0 Å². The van der Waals surface area contributed by atoms with Crippen molar-refractivity contribution in [1.29, 1.82) is 0 Å². The molecule has 1 heterocycles. The summed E-state index contributed by atoms with van der Waals surface area (Å²) in [5.74, 6) is -10.6. The van der Waals surface area contributed by atoms with Crippen LogP contribution in [0, 0.1) is 23.3 Å². The van der Waals surface area contributed by atoms with Crippen molar-refractivity contribution < 1.29 is 27.2 Å². The average molecular weight is 245 g/mol. The van der Waals surface area contributed by atoms with E-state index in [9.17, 15) is 27.2 Å². The van der Waals surface area contributed by atoms with E-state index < -0.39 is 46.2 Å². The highest BCUT2D eigenvalue weighted by atomic mass is 19.2. The topological polar surface area (TPSA) is 37.4 Å². The molecule has 7 heteroatoms. The van der Waals surface area contributed by atoms with Crippen LogP contribution in [0.2, 0.25) is 0 Å². The summed E-state index contributed by atoms with van der Waals surface area (Å²) in [5, 5.41) is 0. The van der Waals surface area contributed by atoms with Crippen molar-refractivity contribution in [2.45, 2.75) is 0 Å². The molecule has 17 heavy (non-hydrogen) atoms. The van der Waals surface area contributed by atoms with E-state index >= 15 is 0 Å². The van der Waals surface area contributed by atoms with E-state index in [2.05, 4.69) is 6.58 Å². The highest BCUT2D eigenvalue weighted by Crippen LogP contribution is 2.31. The zero-order chi connectivity index (χ0) is 12.9. The first-order valence-electron chi connectivity index (χ1n) is 4.28. The minimum Gasteiger partial charge on any atom is -0.268 e. The number of hydrogen-bond acceptors (Lipinski definition) is 2. The monoisotopic (exact) mass is 245 g/mol. The van der Waals surface area contributed by atoms with Crippen molar-refractivity contribution in [3.8, 4) is 0 Å². The summed E-state index contributed by atoms with van der Waals surface area (Å²) in [5.41, 5.74) is -2.24. The van der Waals surface area contributed by atoms with Gasteiger partial charge in [0.1, 0.15) is 0 Å². The minimum absolute atomic E-state index is 0.274. The van der Waals surface area contributed by atoms with E-state index in [1.165, 1.54) is 0 Å². The molecule has 1 aromatic carbocycles. The summed E-state index contributed by atoms with van der Waals surface area (Å²) in [6, 6.07) is 0. The Balaban J connectivity index is 2.88. The van der Waals surface area contributed by atoms with Crippen molar-refractivity contribution in [1.82, 2.24) is 4.90 Å². The van der Waals surface area contributed by atoms with Gasteiger partial charge in [0.15, 0.2) is 23.3 Å². The quantitative estimate of drug-likeness (QED) is 0.328. The number of carbonyl (C=O) groups is 2. The smallest absolute Gasteiger partial charge is 0.268 e. The third-order valence-corrected chi connectivity index (χ3v) is 2.32. The van der Waals surface area contributed by atoms with Gasteiger partial charge >= 0.3 is 0 Å². The van der Waals surface area contributed by atoms with Gasteiger partial charge in [-0.05, 0) is 0 Å². The number of halogens is 4. The summed E-state index contributed by atoms with van der Waals surface area (Å²) < 4.78 is 52.3.